The highest BCUT2D eigenvalue weighted by atomic mass is 32.1. The van der Waals surface area contributed by atoms with E-state index in [1.165, 1.54) is 15.9 Å². The number of aromatic nitrogens is 4. The lowest BCUT2D eigenvalue weighted by molar-refractivity contribution is 0.0516. The van der Waals surface area contributed by atoms with Crippen LogP contribution in [-0.2, 0) is 9.47 Å². The van der Waals surface area contributed by atoms with E-state index in [-0.39, 0.29) is 12.3 Å². The second kappa shape index (κ2) is 9.26. The Hall–Kier alpha value is -3.72. The molecule has 0 aliphatic heterocycles. The molecule has 3 heterocycles. The minimum atomic E-state index is -0.646. The molecule has 8 nitrogen and oxygen atoms in total. The predicted molar refractivity (Wildman–Crippen MR) is 130 cm³/mol. The Morgan fingerprint density at radius 2 is 1.82 bits per heavy atom. The topological polar surface area (TPSA) is 88.2 Å². The second-order valence-electron chi connectivity index (χ2n) is 8.58. The van der Waals surface area contributed by atoms with E-state index in [0.29, 0.717) is 16.5 Å². The molecule has 0 spiro atoms. The lowest BCUT2D eigenvalue weighted by Gasteiger charge is -2.20. The number of hydrogen-bond donors (Lipinski definition) is 0. The summed E-state index contributed by atoms with van der Waals surface area (Å²) in [6, 6.07) is 13.4. The highest BCUT2D eigenvalue weighted by Crippen LogP contribution is 2.35. The van der Waals surface area contributed by atoms with Gasteiger partial charge in [-0.3, -0.25) is 4.57 Å². The summed E-state index contributed by atoms with van der Waals surface area (Å²) >= 11 is 1.27. The summed E-state index contributed by atoms with van der Waals surface area (Å²) in [5.41, 5.74) is 3.39. The Morgan fingerprint density at radius 1 is 1.09 bits per heavy atom. The number of esters is 1. The normalized spacial score (nSPS) is 11.4. The number of ether oxygens (including phenoxy) is 2. The maximum absolute atomic E-state index is 13.0. The van der Waals surface area contributed by atoms with Gasteiger partial charge in [-0.2, -0.15) is 5.10 Å². The summed E-state index contributed by atoms with van der Waals surface area (Å²) in [5, 5.41) is 6.98. The lowest BCUT2D eigenvalue weighted by atomic mass is 10.1. The third-order valence-corrected chi connectivity index (χ3v) is 5.72. The molecule has 1 aromatic carbocycles. The average Bonchev–Trinajstić information content (AvgIpc) is 3.51. The standard InChI is InChI=1S/C25H26N4O4S/c1-6-32-22(30)18-15-34-23(26-18)29-21(16(2)20(27-29)17-11-8-7-9-12-17)19-13-10-14-28(19)24(31)33-25(3,4)5/h7-15H,6H2,1-5H3. The van der Waals surface area contributed by atoms with E-state index in [4.69, 9.17) is 14.6 Å². The Kier molecular flexibility index (Phi) is 6.39. The molecule has 176 valence electrons. The van der Waals surface area contributed by atoms with E-state index >= 15 is 0 Å². The molecule has 9 heteroatoms. The first-order valence-electron chi connectivity index (χ1n) is 10.9. The van der Waals surface area contributed by atoms with Gasteiger partial charge in [0, 0.05) is 22.7 Å². The summed E-state index contributed by atoms with van der Waals surface area (Å²) in [6.45, 7) is 9.43. The zero-order valence-corrected chi connectivity index (χ0v) is 20.5. The first kappa shape index (κ1) is 23.4. The molecule has 0 fully saturated rings. The zero-order chi connectivity index (χ0) is 24.5. The molecule has 0 atom stereocenters. The molecule has 0 N–H and O–H groups in total. The molecule has 0 aliphatic rings. The van der Waals surface area contributed by atoms with Gasteiger partial charge in [0.25, 0.3) is 0 Å². The summed E-state index contributed by atoms with van der Waals surface area (Å²) in [4.78, 5) is 29.6. The molecular weight excluding hydrogens is 452 g/mol. The molecule has 0 amide bonds. The molecule has 3 aromatic heterocycles. The molecule has 0 radical (unpaired) electrons. The van der Waals surface area contributed by atoms with E-state index in [2.05, 4.69) is 4.98 Å². The van der Waals surface area contributed by atoms with E-state index in [1.807, 2.05) is 64.1 Å². The van der Waals surface area contributed by atoms with Crippen molar-refractivity contribution in [2.75, 3.05) is 6.61 Å². The number of carbonyl (C=O) groups is 2. The highest BCUT2D eigenvalue weighted by molar-refractivity contribution is 7.12. The molecule has 4 rings (SSSR count). The molecule has 0 bridgehead atoms. The molecule has 34 heavy (non-hydrogen) atoms. The van der Waals surface area contributed by atoms with Gasteiger partial charge < -0.3 is 9.47 Å². The Balaban J connectivity index is 1.88. The van der Waals surface area contributed by atoms with Crippen molar-refractivity contribution in [3.05, 3.63) is 65.3 Å². The molecule has 0 saturated heterocycles. The van der Waals surface area contributed by atoms with Gasteiger partial charge in [0.05, 0.1) is 23.7 Å². The smallest absolute Gasteiger partial charge is 0.419 e. The summed E-state index contributed by atoms with van der Waals surface area (Å²) < 4.78 is 13.8. The van der Waals surface area contributed by atoms with Crippen LogP contribution in [0.2, 0.25) is 0 Å². The minimum Gasteiger partial charge on any atom is -0.461 e. The van der Waals surface area contributed by atoms with Gasteiger partial charge in [0.15, 0.2) is 5.69 Å². The minimum absolute atomic E-state index is 0.213. The maximum Gasteiger partial charge on any atom is 0.419 e. The van der Waals surface area contributed by atoms with Crippen LogP contribution in [-0.4, -0.2) is 43.6 Å². The van der Waals surface area contributed by atoms with E-state index in [1.54, 1.807) is 29.2 Å². The fourth-order valence-corrected chi connectivity index (χ4v) is 4.26. The van der Waals surface area contributed by atoms with Crippen LogP contribution in [0.3, 0.4) is 0 Å². The number of hydrogen-bond acceptors (Lipinski definition) is 7. The van der Waals surface area contributed by atoms with Crippen molar-refractivity contribution in [1.82, 2.24) is 19.3 Å². The molecule has 0 aliphatic carbocycles. The van der Waals surface area contributed by atoms with Crippen molar-refractivity contribution in [3.63, 3.8) is 0 Å². The van der Waals surface area contributed by atoms with Gasteiger partial charge in [-0.15, -0.1) is 11.3 Å². The lowest BCUT2D eigenvalue weighted by Crippen LogP contribution is -2.27. The SMILES string of the molecule is CCOC(=O)c1csc(-n2nc(-c3ccccc3)c(C)c2-c2cccn2C(=O)OC(C)(C)C)n1. The number of carbonyl (C=O) groups excluding carboxylic acids is 2. The van der Waals surface area contributed by atoms with Crippen LogP contribution in [0.15, 0.2) is 54.0 Å². The van der Waals surface area contributed by atoms with Crippen LogP contribution in [0.25, 0.3) is 27.8 Å². The van der Waals surface area contributed by atoms with Crippen molar-refractivity contribution in [3.8, 4) is 27.8 Å². The predicted octanol–water partition coefficient (Wildman–Crippen LogP) is 5.73. The van der Waals surface area contributed by atoms with Crippen LogP contribution in [0.5, 0.6) is 0 Å². The van der Waals surface area contributed by atoms with Crippen molar-refractivity contribution < 1.29 is 19.1 Å². The van der Waals surface area contributed by atoms with E-state index in [0.717, 1.165) is 16.8 Å². The van der Waals surface area contributed by atoms with Gasteiger partial charge in [-0.25, -0.2) is 19.3 Å². The van der Waals surface area contributed by atoms with Crippen molar-refractivity contribution in [2.24, 2.45) is 0 Å². The summed E-state index contributed by atoms with van der Waals surface area (Å²) in [6.07, 6.45) is 1.17. The van der Waals surface area contributed by atoms with E-state index in [9.17, 15) is 9.59 Å². The monoisotopic (exact) mass is 478 g/mol. The third kappa shape index (κ3) is 4.65. The van der Waals surface area contributed by atoms with Gasteiger partial charge in [0.2, 0.25) is 5.13 Å². The van der Waals surface area contributed by atoms with Crippen molar-refractivity contribution in [1.29, 1.82) is 0 Å². The Morgan fingerprint density at radius 3 is 2.50 bits per heavy atom. The second-order valence-corrected chi connectivity index (χ2v) is 9.42. The molecule has 4 aromatic rings. The zero-order valence-electron chi connectivity index (χ0n) is 19.7. The Bertz CT molecular complexity index is 1330. The van der Waals surface area contributed by atoms with Crippen LogP contribution in [0, 0.1) is 6.92 Å². The number of benzene rings is 1. The first-order valence-corrected chi connectivity index (χ1v) is 11.8. The van der Waals surface area contributed by atoms with Crippen LogP contribution in [0.1, 0.15) is 43.7 Å². The van der Waals surface area contributed by atoms with E-state index < -0.39 is 17.7 Å². The number of thiazole rings is 1. The molecular formula is C25H26N4O4S. The molecule has 0 unspecified atom stereocenters. The fraction of sp³-hybridized carbons (Fsp3) is 0.280. The number of nitrogens with zero attached hydrogens (tertiary/aromatic N) is 4. The van der Waals surface area contributed by atoms with Gasteiger partial charge in [-0.1, -0.05) is 30.3 Å². The van der Waals surface area contributed by atoms with Gasteiger partial charge in [-0.05, 0) is 46.8 Å². The average molecular weight is 479 g/mol. The molecule has 0 saturated carbocycles. The van der Waals surface area contributed by atoms with Crippen molar-refractivity contribution in [2.45, 2.75) is 40.2 Å². The van der Waals surface area contributed by atoms with Crippen LogP contribution < -0.4 is 0 Å². The van der Waals surface area contributed by atoms with Crippen LogP contribution >= 0.6 is 11.3 Å². The van der Waals surface area contributed by atoms with Crippen LogP contribution in [0.4, 0.5) is 4.79 Å². The van der Waals surface area contributed by atoms with Gasteiger partial charge in [0.1, 0.15) is 5.60 Å². The Labute approximate surface area is 201 Å². The van der Waals surface area contributed by atoms with Gasteiger partial charge >= 0.3 is 12.1 Å². The van der Waals surface area contributed by atoms with Crippen molar-refractivity contribution >= 4 is 23.4 Å². The highest BCUT2D eigenvalue weighted by Gasteiger charge is 2.26. The summed E-state index contributed by atoms with van der Waals surface area (Å²) in [5.74, 6) is -0.490. The summed E-state index contributed by atoms with van der Waals surface area (Å²) in [7, 11) is 0. The first-order chi connectivity index (χ1) is 16.2. The fourth-order valence-electron chi connectivity index (χ4n) is 3.51. The largest absolute Gasteiger partial charge is 0.461 e. The maximum atomic E-state index is 13.0. The quantitative estimate of drug-likeness (QED) is 0.340. The number of rotatable bonds is 5. The third-order valence-electron chi connectivity index (χ3n) is 4.91.